The number of hydrogen-bond acceptors (Lipinski definition) is 5. The van der Waals surface area contributed by atoms with Crippen molar-refractivity contribution in [3.05, 3.63) is 58.6 Å². The quantitative estimate of drug-likeness (QED) is 0.729. The van der Waals surface area contributed by atoms with Gasteiger partial charge in [0.15, 0.2) is 21.4 Å². The maximum atomic E-state index is 14.6. The maximum absolute atomic E-state index is 14.6. The van der Waals surface area contributed by atoms with Crippen LogP contribution in [0.2, 0.25) is 5.02 Å². The van der Waals surface area contributed by atoms with E-state index in [9.17, 15) is 17.2 Å². The molecule has 1 N–H and O–H groups in total. The van der Waals surface area contributed by atoms with E-state index in [2.05, 4.69) is 0 Å². The predicted octanol–water partition coefficient (Wildman–Crippen LogP) is 3.15. The molecule has 2 atom stereocenters. The number of aliphatic hydroxyl groups excluding tert-OH is 1. The van der Waals surface area contributed by atoms with Crippen molar-refractivity contribution in [3.8, 4) is 5.75 Å². The predicted molar refractivity (Wildman–Crippen MR) is 94.6 cm³/mol. The van der Waals surface area contributed by atoms with E-state index in [1.54, 1.807) is 0 Å². The average molecular weight is 419 g/mol. The van der Waals surface area contributed by atoms with Gasteiger partial charge in [-0.3, -0.25) is 0 Å². The molecule has 0 fully saturated rings. The van der Waals surface area contributed by atoms with Crippen LogP contribution in [0.4, 0.5) is 8.78 Å². The van der Waals surface area contributed by atoms with E-state index in [0.717, 1.165) is 12.1 Å². The molecule has 0 bridgehead atoms. The Balaban J connectivity index is 2.11. The third kappa shape index (κ3) is 3.94. The average Bonchev–Trinajstić information content (AvgIpc) is 2.65. The summed E-state index contributed by atoms with van der Waals surface area (Å²) in [6.45, 7) is -0.534. The number of ether oxygens (including phenoxy) is 2. The Labute approximate surface area is 160 Å². The molecule has 0 aliphatic carbocycles. The van der Waals surface area contributed by atoms with Gasteiger partial charge in [-0.05, 0) is 36.4 Å². The molecular weight excluding hydrogens is 402 g/mol. The van der Waals surface area contributed by atoms with Gasteiger partial charge in [0.25, 0.3) is 0 Å². The number of sulfone groups is 1. The van der Waals surface area contributed by atoms with Crippen molar-refractivity contribution in [1.82, 2.24) is 0 Å². The number of benzene rings is 2. The van der Waals surface area contributed by atoms with Crippen molar-refractivity contribution in [2.75, 3.05) is 26.4 Å². The van der Waals surface area contributed by atoms with Crippen molar-refractivity contribution in [2.24, 2.45) is 5.92 Å². The van der Waals surface area contributed by atoms with E-state index in [0.29, 0.717) is 5.02 Å². The standard InChI is InChI=1S/C18H17ClF2O5S/c19-12-1-3-13(4-2-12)27(23,24)18-11(9-25-8-7-22)10-26-17-15(21)6-5-14(20)16(17)18/h1-6,11,18,22H,7-10H2/t11-,18+/m0/s1. The maximum Gasteiger partial charge on any atom is 0.186 e. The Kier molecular flexibility index (Phi) is 6.00. The minimum atomic E-state index is -4.11. The molecule has 0 saturated heterocycles. The van der Waals surface area contributed by atoms with Gasteiger partial charge >= 0.3 is 0 Å². The van der Waals surface area contributed by atoms with E-state index in [4.69, 9.17) is 26.2 Å². The van der Waals surface area contributed by atoms with Gasteiger partial charge in [0.2, 0.25) is 0 Å². The van der Waals surface area contributed by atoms with E-state index >= 15 is 0 Å². The molecule has 0 radical (unpaired) electrons. The number of rotatable bonds is 6. The van der Waals surface area contributed by atoms with Gasteiger partial charge < -0.3 is 14.6 Å². The minimum absolute atomic E-state index is 0.0112. The zero-order valence-electron chi connectivity index (χ0n) is 14.1. The van der Waals surface area contributed by atoms with Gasteiger partial charge in [-0.25, -0.2) is 17.2 Å². The summed E-state index contributed by atoms with van der Waals surface area (Å²) in [6, 6.07) is 7.22. The fourth-order valence-corrected chi connectivity index (χ4v) is 5.22. The van der Waals surface area contributed by atoms with E-state index in [-0.39, 0.29) is 36.9 Å². The van der Waals surface area contributed by atoms with Crippen molar-refractivity contribution in [2.45, 2.75) is 10.1 Å². The van der Waals surface area contributed by atoms with Crippen LogP contribution in [0.25, 0.3) is 0 Å². The van der Waals surface area contributed by atoms with Crippen LogP contribution < -0.4 is 4.74 Å². The lowest BCUT2D eigenvalue weighted by atomic mass is 9.96. The fourth-order valence-electron chi connectivity index (χ4n) is 3.09. The van der Waals surface area contributed by atoms with Gasteiger partial charge in [0.1, 0.15) is 11.1 Å². The summed E-state index contributed by atoms with van der Waals surface area (Å²) >= 11 is 5.82. The topological polar surface area (TPSA) is 72.8 Å². The molecule has 0 spiro atoms. The SMILES string of the molecule is O=S(=O)(c1ccc(Cl)cc1)[C@H]1c2c(F)ccc(F)c2OC[C@@H]1COCCO. The largest absolute Gasteiger partial charge is 0.490 e. The number of halogens is 3. The van der Waals surface area contributed by atoms with Gasteiger partial charge in [-0.15, -0.1) is 0 Å². The second-order valence-corrected chi connectivity index (χ2v) is 8.57. The Morgan fingerprint density at radius 1 is 1.15 bits per heavy atom. The summed E-state index contributed by atoms with van der Waals surface area (Å²) in [5, 5.41) is 7.81. The Bertz CT molecular complexity index is 918. The molecule has 1 heterocycles. The normalized spacial score (nSPS) is 19.4. The van der Waals surface area contributed by atoms with Crippen LogP contribution in [0.3, 0.4) is 0 Å². The van der Waals surface area contributed by atoms with Crippen LogP contribution in [0.15, 0.2) is 41.3 Å². The lowest BCUT2D eigenvalue weighted by molar-refractivity contribution is 0.0454. The summed E-state index contributed by atoms with van der Waals surface area (Å²) in [6.07, 6.45) is 0. The molecular formula is C18H17ClF2O5S. The summed E-state index contributed by atoms with van der Waals surface area (Å²) in [5.74, 6) is -2.91. The zero-order valence-corrected chi connectivity index (χ0v) is 15.6. The molecule has 5 nitrogen and oxygen atoms in total. The minimum Gasteiger partial charge on any atom is -0.490 e. The molecule has 9 heteroatoms. The molecule has 2 aromatic rings. The molecule has 0 amide bonds. The molecule has 0 saturated carbocycles. The lowest BCUT2D eigenvalue weighted by Gasteiger charge is -2.33. The van der Waals surface area contributed by atoms with E-state index in [1.807, 2.05) is 0 Å². The van der Waals surface area contributed by atoms with Crippen LogP contribution in [-0.2, 0) is 14.6 Å². The highest BCUT2D eigenvalue weighted by atomic mass is 35.5. The first-order valence-corrected chi connectivity index (χ1v) is 10.1. The van der Waals surface area contributed by atoms with E-state index in [1.165, 1.54) is 24.3 Å². The van der Waals surface area contributed by atoms with Gasteiger partial charge in [-0.1, -0.05) is 11.6 Å². The summed E-state index contributed by atoms with van der Waals surface area (Å²) in [7, 11) is -4.11. The van der Waals surface area contributed by atoms with Crippen molar-refractivity contribution in [3.63, 3.8) is 0 Å². The van der Waals surface area contributed by atoms with Crippen LogP contribution >= 0.6 is 11.6 Å². The number of hydrogen-bond donors (Lipinski definition) is 1. The van der Waals surface area contributed by atoms with E-state index < -0.39 is 38.4 Å². The molecule has 3 rings (SSSR count). The fraction of sp³-hybridized carbons (Fsp3) is 0.333. The van der Waals surface area contributed by atoms with Crippen molar-refractivity contribution < 1.29 is 31.8 Å². The Morgan fingerprint density at radius 2 is 1.81 bits per heavy atom. The first kappa shape index (κ1) is 20.0. The summed E-state index contributed by atoms with van der Waals surface area (Å²) in [5.41, 5.74) is -0.353. The molecule has 2 aromatic carbocycles. The zero-order chi connectivity index (χ0) is 19.6. The first-order valence-electron chi connectivity index (χ1n) is 8.15. The Hall–Kier alpha value is -1.74. The van der Waals surface area contributed by atoms with Gasteiger partial charge in [0.05, 0.1) is 36.9 Å². The smallest absolute Gasteiger partial charge is 0.186 e. The van der Waals surface area contributed by atoms with Gasteiger partial charge in [-0.2, -0.15) is 0 Å². The molecule has 0 aromatic heterocycles. The van der Waals surface area contributed by atoms with Crippen LogP contribution in [0, 0.1) is 17.6 Å². The third-order valence-corrected chi connectivity index (χ3v) is 6.76. The molecule has 146 valence electrons. The van der Waals surface area contributed by atoms with Crippen LogP contribution in [0.1, 0.15) is 10.8 Å². The van der Waals surface area contributed by atoms with Crippen LogP contribution in [-0.4, -0.2) is 40.0 Å². The highest BCUT2D eigenvalue weighted by Crippen LogP contribution is 2.45. The van der Waals surface area contributed by atoms with Gasteiger partial charge in [0, 0.05) is 10.9 Å². The molecule has 1 aliphatic rings. The third-order valence-electron chi connectivity index (χ3n) is 4.29. The Morgan fingerprint density at radius 3 is 2.48 bits per heavy atom. The molecule has 1 aliphatic heterocycles. The first-order chi connectivity index (χ1) is 12.9. The summed E-state index contributed by atoms with van der Waals surface area (Å²) in [4.78, 5) is -0.0689. The second kappa shape index (κ2) is 8.10. The summed E-state index contributed by atoms with van der Waals surface area (Å²) < 4.78 is 65.8. The number of fused-ring (bicyclic) bond motifs is 1. The van der Waals surface area contributed by atoms with Crippen LogP contribution in [0.5, 0.6) is 5.75 Å². The molecule has 0 unspecified atom stereocenters. The monoisotopic (exact) mass is 418 g/mol. The van der Waals surface area contributed by atoms with Crippen molar-refractivity contribution >= 4 is 21.4 Å². The second-order valence-electron chi connectivity index (χ2n) is 6.06. The molecule has 27 heavy (non-hydrogen) atoms. The lowest BCUT2D eigenvalue weighted by Crippen LogP contribution is -2.35. The van der Waals surface area contributed by atoms with Crippen molar-refractivity contribution in [1.29, 1.82) is 0 Å². The number of aliphatic hydroxyl groups is 1. The highest BCUT2D eigenvalue weighted by Gasteiger charge is 2.44. The highest BCUT2D eigenvalue weighted by molar-refractivity contribution is 7.91.